The quantitative estimate of drug-likeness (QED) is 0.848. The molecule has 2 heterocycles. The summed E-state index contributed by atoms with van der Waals surface area (Å²) >= 11 is 0. The lowest BCUT2D eigenvalue weighted by molar-refractivity contribution is 0.0656. The van der Waals surface area contributed by atoms with E-state index in [0.29, 0.717) is 16.8 Å². The minimum absolute atomic E-state index is 0.0821. The fourth-order valence-corrected chi connectivity index (χ4v) is 4.32. The SMILES string of the molecule is CCN1c2cc(C(=O)Nc3ccc(OC)cc3)ccc2C(=O)N2CCCCCC21. The van der Waals surface area contributed by atoms with Crippen LogP contribution in [0.4, 0.5) is 11.4 Å². The van der Waals surface area contributed by atoms with E-state index in [1.165, 1.54) is 0 Å². The molecular formula is C23H27N3O3. The zero-order valence-electron chi connectivity index (χ0n) is 17.0. The lowest BCUT2D eigenvalue weighted by atomic mass is 10.0. The third-order valence-corrected chi connectivity index (χ3v) is 5.83. The number of rotatable bonds is 4. The number of carbonyl (C=O) groups is 2. The fourth-order valence-electron chi connectivity index (χ4n) is 4.32. The summed E-state index contributed by atoms with van der Waals surface area (Å²) in [6.07, 6.45) is 4.39. The molecule has 0 radical (unpaired) electrons. The fraction of sp³-hybridized carbons (Fsp3) is 0.391. The summed E-state index contributed by atoms with van der Waals surface area (Å²) < 4.78 is 5.15. The van der Waals surface area contributed by atoms with E-state index in [-0.39, 0.29) is 18.0 Å². The van der Waals surface area contributed by atoms with E-state index >= 15 is 0 Å². The molecule has 2 aromatic rings. The topological polar surface area (TPSA) is 61.9 Å². The van der Waals surface area contributed by atoms with Gasteiger partial charge in [0, 0.05) is 24.3 Å². The van der Waals surface area contributed by atoms with Crippen LogP contribution in [0.15, 0.2) is 42.5 Å². The van der Waals surface area contributed by atoms with E-state index in [4.69, 9.17) is 4.74 Å². The molecule has 1 unspecified atom stereocenters. The number of carbonyl (C=O) groups excluding carboxylic acids is 2. The first-order chi connectivity index (χ1) is 14.1. The highest BCUT2D eigenvalue weighted by Crippen LogP contribution is 2.35. The highest BCUT2D eigenvalue weighted by atomic mass is 16.5. The van der Waals surface area contributed by atoms with Crippen LogP contribution in [0.1, 0.15) is 53.3 Å². The Balaban J connectivity index is 1.62. The van der Waals surface area contributed by atoms with Crippen molar-refractivity contribution in [3.8, 4) is 5.75 Å². The zero-order chi connectivity index (χ0) is 20.4. The monoisotopic (exact) mass is 393 g/mol. The van der Waals surface area contributed by atoms with E-state index in [9.17, 15) is 9.59 Å². The van der Waals surface area contributed by atoms with Gasteiger partial charge in [-0.15, -0.1) is 0 Å². The number of methoxy groups -OCH3 is 1. The number of anilines is 2. The van der Waals surface area contributed by atoms with Crippen LogP contribution in [-0.2, 0) is 0 Å². The molecule has 0 aliphatic carbocycles. The highest BCUT2D eigenvalue weighted by molar-refractivity contribution is 6.08. The molecule has 0 spiro atoms. The van der Waals surface area contributed by atoms with Crippen molar-refractivity contribution >= 4 is 23.2 Å². The van der Waals surface area contributed by atoms with Crippen molar-refractivity contribution in [3.05, 3.63) is 53.6 Å². The average Bonchev–Trinajstić information content (AvgIpc) is 3.01. The number of ether oxygens (including phenoxy) is 1. The molecule has 0 saturated carbocycles. The van der Waals surface area contributed by atoms with Gasteiger partial charge in [-0.25, -0.2) is 0 Å². The number of nitrogens with zero attached hydrogens (tertiary/aromatic N) is 2. The molecule has 152 valence electrons. The van der Waals surface area contributed by atoms with Gasteiger partial charge < -0.3 is 19.9 Å². The number of fused-ring (bicyclic) bond motifs is 2. The number of hydrogen-bond acceptors (Lipinski definition) is 4. The summed E-state index contributed by atoms with van der Waals surface area (Å²) in [5.41, 5.74) is 2.80. The van der Waals surface area contributed by atoms with Gasteiger partial charge in [-0.1, -0.05) is 6.42 Å². The average molecular weight is 393 g/mol. The van der Waals surface area contributed by atoms with Crippen molar-refractivity contribution in [1.29, 1.82) is 0 Å². The molecule has 2 aliphatic heterocycles. The number of nitrogens with one attached hydrogen (secondary N) is 1. The van der Waals surface area contributed by atoms with Gasteiger partial charge in [-0.05, 0) is 68.7 Å². The molecule has 6 heteroatoms. The van der Waals surface area contributed by atoms with Crippen molar-refractivity contribution in [2.24, 2.45) is 0 Å². The Morgan fingerprint density at radius 2 is 1.93 bits per heavy atom. The smallest absolute Gasteiger partial charge is 0.257 e. The summed E-state index contributed by atoms with van der Waals surface area (Å²) in [5, 5.41) is 2.92. The lowest BCUT2D eigenvalue weighted by Crippen LogP contribution is -2.55. The Kier molecular flexibility index (Phi) is 5.43. The number of hydrogen-bond donors (Lipinski definition) is 1. The van der Waals surface area contributed by atoms with Crippen LogP contribution in [0.3, 0.4) is 0 Å². The Bertz CT molecular complexity index is 910. The molecule has 6 nitrogen and oxygen atoms in total. The molecule has 2 amide bonds. The second-order valence-electron chi connectivity index (χ2n) is 7.53. The van der Waals surface area contributed by atoms with Crippen molar-refractivity contribution in [2.45, 2.75) is 38.8 Å². The summed E-state index contributed by atoms with van der Waals surface area (Å²) in [5.74, 6) is 0.630. The molecular weight excluding hydrogens is 366 g/mol. The predicted octanol–water partition coefficient (Wildman–Crippen LogP) is 4.13. The summed E-state index contributed by atoms with van der Waals surface area (Å²) in [6.45, 7) is 3.71. The van der Waals surface area contributed by atoms with Crippen LogP contribution in [0, 0.1) is 0 Å². The third-order valence-electron chi connectivity index (χ3n) is 5.83. The molecule has 1 saturated heterocycles. The molecule has 0 aromatic heterocycles. The van der Waals surface area contributed by atoms with Crippen molar-refractivity contribution < 1.29 is 14.3 Å². The van der Waals surface area contributed by atoms with Crippen LogP contribution in [0.5, 0.6) is 5.75 Å². The van der Waals surface area contributed by atoms with E-state index in [1.54, 1.807) is 43.5 Å². The van der Waals surface area contributed by atoms with Crippen LogP contribution in [0.25, 0.3) is 0 Å². The van der Waals surface area contributed by atoms with Gasteiger partial charge in [0.25, 0.3) is 11.8 Å². The first-order valence-electron chi connectivity index (χ1n) is 10.3. The van der Waals surface area contributed by atoms with Crippen molar-refractivity contribution in [3.63, 3.8) is 0 Å². The predicted molar refractivity (Wildman–Crippen MR) is 114 cm³/mol. The maximum Gasteiger partial charge on any atom is 0.257 e. The Labute approximate surface area is 171 Å². The van der Waals surface area contributed by atoms with E-state index in [2.05, 4.69) is 17.1 Å². The molecule has 1 fully saturated rings. The van der Waals surface area contributed by atoms with Gasteiger partial charge >= 0.3 is 0 Å². The standard InChI is InChI=1S/C23H27N3O3/c1-3-25-20-15-16(22(27)24-17-9-11-18(29-2)12-10-17)8-13-19(20)23(28)26-14-6-4-5-7-21(25)26/h8-13,15,21H,3-7,14H2,1-2H3,(H,24,27). The first-order valence-corrected chi connectivity index (χ1v) is 10.3. The second-order valence-corrected chi connectivity index (χ2v) is 7.53. The first kappa shape index (κ1) is 19.3. The lowest BCUT2D eigenvalue weighted by Gasteiger charge is -2.44. The van der Waals surface area contributed by atoms with Crippen molar-refractivity contribution in [2.75, 3.05) is 30.4 Å². The zero-order valence-corrected chi connectivity index (χ0v) is 17.0. The minimum atomic E-state index is -0.190. The summed E-state index contributed by atoms with van der Waals surface area (Å²) in [4.78, 5) is 30.2. The Hall–Kier alpha value is -3.02. The molecule has 4 rings (SSSR count). The van der Waals surface area contributed by atoms with E-state index < -0.39 is 0 Å². The normalized spacial score (nSPS) is 18.6. The Morgan fingerprint density at radius 3 is 2.66 bits per heavy atom. The number of benzene rings is 2. The molecule has 29 heavy (non-hydrogen) atoms. The molecule has 1 atom stereocenters. The maximum atomic E-state index is 13.1. The molecule has 2 aliphatic rings. The molecule has 0 bridgehead atoms. The summed E-state index contributed by atoms with van der Waals surface area (Å²) in [7, 11) is 1.61. The third kappa shape index (κ3) is 3.67. The van der Waals surface area contributed by atoms with Gasteiger partial charge in [0.05, 0.1) is 18.4 Å². The highest BCUT2D eigenvalue weighted by Gasteiger charge is 2.37. The van der Waals surface area contributed by atoms with Crippen molar-refractivity contribution in [1.82, 2.24) is 4.90 Å². The molecule has 1 N–H and O–H groups in total. The van der Waals surface area contributed by atoms with Gasteiger partial charge in [-0.3, -0.25) is 9.59 Å². The summed E-state index contributed by atoms with van der Waals surface area (Å²) in [6, 6.07) is 12.6. The van der Waals surface area contributed by atoms with Crippen LogP contribution >= 0.6 is 0 Å². The Morgan fingerprint density at radius 1 is 1.14 bits per heavy atom. The van der Waals surface area contributed by atoms with E-state index in [1.807, 2.05) is 11.0 Å². The molecule has 2 aromatic carbocycles. The van der Waals surface area contributed by atoms with Gasteiger partial charge in [0.2, 0.25) is 0 Å². The van der Waals surface area contributed by atoms with Crippen LogP contribution in [-0.4, -0.2) is 43.1 Å². The van der Waals surface area contributed by atoms with Crippen LogP contribution in [0.2, 0.25) is 0 Å². The van der Waals surface area contributed by atoms with Gasteiger partial charge in [0.1, 0.15) is 11.9 Å². The number of amides is 2. The second kappa shape index (κ2) is 8.15. The largest absolute Gasteiger partial charge is 0.497 e. The van der Waals surface area contributed by atoms with Gasteiger partial charge in [-0.2, -0.15) is 0 Å². The minimum Gasteiger partial charge on any atom is -0.497 e. The van der Waals surface area contributed by atoms with Crippen LogP contribution < -0.4 is 15.0 Å². The maximum absolute atomic E-state index is 13.1. The van der Waals surface area contributed by atoms with E-state index in [0.717, 1.165) is 50.2 Å². The van der Waals surface area contributed by atoms with Gasteiger partial charge in [0.15, 0.2) is 0 Å².